The minimum Gasteiger partial charge on any atom is -0.494 e. The van der Waals surface area contributed by atoms with Crippen LogP contribution in [0.1, 0.15) is 29.9 Å². The Morgan fingerprint density at radius 1 is 1.43 bits per heavy atom. The lowest BCUT2D eigenvalue weighted by Gasteiger charge is -2.16. The average Bonchev–Trinajstić information content (AvgIpc) is 2.86. The van der Waals surface area contributed by atoms with Crippen LogP contribution in [-0.4, -0.2) is 16.9 Å². The van der Waals surface area contributed by atoms with Gasteiger partial charge in [-0.15, -0.1) is 0 Å². The number of nitrogens with zero attached hydrogens (tertiary/aromatic N) is 2. The predicted octanol–water partition coefficient (Wildman–Crippen LogP) is 1.88. The number of hydrogen-bond acceptors (Lipinski definition) is 4. The molecule has 0 aliphatic carbocycles. The van der Waals surface area contributed by atoms with Gasteiger partial charge in [0.15, 0.2) is 11.6 Å². The fourth-order valence-corrected chi connectivity index (χ4v) is 2.36. The number of ether oxygens (including phenoxy) is 1. The van der Waals surface area contributed by atoms with Crippen LogP contribution < -0.4 is 16.0 Å². The lowest BCUT2D eigenvalue weighted by Crippen LogP contribution is -2.31. The number of hydrogen-bond donors (Lipinski definition) is 2. The monoisotopic (exact) mass is 292 g/mol. The first-order chi connectivity index (χ1) is 10.1. The van der Waals surface area contributed by atoms with Crippen LogP contribution in [0.3, 0.4) is 0 Å². The maximum atomic E-state index is 13.8. The summed E-state index contributed by atoms with van der Waals surface area (Å²) in [5.74, 6) is 5.53. The maximum Gasteiger partial charge on any atom is 0.165 e. The van der Waals surface area contributed by atoms with Gasteiger partial charge >= 0.3 is 0 Å². The minimum absolute atomic E-state index is 0.129. The Bertz CT molecular complexity index is 612. The van der Waals surface area contributed by atoms with Crippen LogP contribution in [0.25, 0.3) is 0 Å². The van der Waals surface area contributed by atoms with E-state index in [2.05, 4.69) is 17.4 Å². The number of hydrazine groups is 1. The van der Waals surface area contributed by atoms with Crippen LogP contribution in [0.2, 0.25) is 0 Å². The molecule has 6 heteroatoms. The third-order valence-electron chi connectivity index (χ3n) is 3.54. The van der Waals surface area contributed by atoms with Gasteiger partial charge in [0.25, 0.3) is 0 Å². The standard InChI is InChI=1S/C15H21FN4O/c1-4-11-9-14(20(2)19-11)13(18-17)8-10-5-6-15(21-3)12(16)7-10/h5-7,9,13,18H,4,8,17H2,1-3H3. The zero-order valence-corrected chi connectivity index (χ0v) is 12.6. The van der Waals surface area contributed by atoms with Crippen molar-refractivity contribution in [2.45, 2.75) is 25.8 Å². The zero-order valence-electron chi connectivity index (χ0n) is 12.6. The molecule has 5 nitrogen and oxygen atoms in total. The van der Waals surface area contributed by atoms with Crippen LogP contribution in [0, 0.1) is 5.82 Å². The van der Waals surface area contributed by atoms with E-state index in [1.165, 1.54) is 13.2 Å². The molecule has 0 saturated heterocycles. The van der Waals surface area contributed by atoms with Gasteiger partial charge < -0.3 is 4.74 Å². The Morgan fingerprint density at radius 3 is 2.71 bits per heavy atom. The molecule has 114 valence electrons. The van der Waals surface area contributed by atoms with Gasteiger partial charge in [-0.2, -0.15) is 5.10 Å². The maximum absolute atomic E-state index is 13.8. The van der Waals surface area contributed by atoms with Gasteiger partial charge in [-0.3, -0.25) is 16.0 Å². The highest BCUT2D eigenvalue weighted by atomic mass is 19.1. The van der Waals surface area contributed by atoms with Crippen molar-refractivity contribution in [1.82, 2.24) is 15.2 Å². The molecule has 1 atom stereocenters. The normalized spacial score (nSPS) is 12.4. The topological polar surface area (TPSA) is 65.1 Å². The summed E-state index contributed by atoms with van der Waals surface area (Å²) >= 11 is 0. The van der Waals surface area contributed by atoms with Gasteiger partial charge in [-0.25, -0.2) is 4.39 Å². The molecule has 1 aromatic heterocycles. The summed E-state index contributed by atoms with van der Waals surface area (Å²) in [6, 6.07) is 6.82. The largest absolute Gasteiger partial charge is 0.494 e. The highest BCUT2D eigenvalue weighted by Gasteiger charge is 2.17. The van der Waals surface area contributed by atoms with Crippen LogP contribution in [-0.2, 0) is 19.9 Å². The fraction of sp³-hybridized carbons (Fsp3) is 0.400. The van der Waals surface area contributed by atoms with Crippen molar-refractivity contribution < 1.29 is 9.13 Å². The van der Waals surface area contributed by atoms with Crippen molar-refractivity contribution >= 4 is 0 Å². The van der Waals surface area contributed by atoms with E-state index < -0.39 is 0 Å². The molecule has 0 spiro atoms. The summed E-state index contributed by atoms with van der Waals surface area (Å²) in [6.45, 7) is 2.05. The second-order valence-electron chi connectivity index (χ2n) is 4.93. The molecule has 21 heavy (non-hydrogen) atoms. The van der Waals surface area contributed by atoms with E-state index in [1.54, 1.807) is 6.07 Å². The molecule has 0 saturated carbocycles. The number of nitrogens with two attached hydrogens (primary N) is 1. The van der Waals surface area contributed by atoms with Crippen molar-refractivity contribution in [1.29, 1.82) is 0 Å². The Kier molecular flexibility index (Phi) is 4.93. The van der Waals surface area contributed by atoms with Gasteiger partial charge in [-0.1, -0.05) is 13.0 Å². The molecular weight excluding hydrogens is 271 g/mol. The molecule has 0 aliphatic heterocycles. The van der Waals surface area contributed by atoms with Crippen molar-refractivity contribution in [3.8, 4) is 5.75 Å². The molecule has 0 bridgehead atoms. The van der Waals surface area contributed by atoms with Crippen molar-refractivity contribution in [2.24, 2.45) is 12.9 Å². The smallest absolute Gasteiger partial charge is 0.165 e. The summed E-state index contributed by atoms with van der Waals surface area (Å²) in [6.07, 6.45) is 1.43. The first-order valence-electron chi connectivity index (χ1n) is 6.90. The number of nitrogens with one attached hydrogen (secondary N) is 1. The molecule has 0 radical (unpaired) electrons. The molecule has 1 heterocycles. The Labute approximate surface area is 123 Å². The average molecular weight is 292 g/mol. The second kappa shape index (κ2) is 6.69. The van der Waals surface area contributed by atoms with Crippen LogP contribution >= 0.6 is 0 Å². The molecular formula is C15H21FN4O. The first-order valence-corrected chi connectivity index (χ1v) is 6.90. The number of halogens is 1. The van der Waals surface area contributed by atoms with Crippen LogP contribution in [0.5, 0.6) is 5.75 Å². The summed E-state index contributed by atoms with van der Waals surface area (Å²) in [7, 11) is 3.33. The number of rotatable bonds is 6. The summed E-state index contributed by atoms with van der Waals surface area (Å²) < 4.78 is 20.5. The molecule has 0 amide bonds. The molecule has 0 fully saturated rings. The predicted molar refractivity (Wildman–Crippen MR) is 79.3 cm³/mol. The van der Waals surface area contributed by atoms with E-state index in [0.29, 0.717) is 6.42 Å². The van der Waals surface area contributed by atoms with E-state index in [0.717, 1.165) is 23.4 Å². The minimum atomic E-state index is -0.370. The van der Waals surface area contributed by atoms with Gasteiger partial charge in [-0.05, 0) is 36.6 Å². The van der Waals surface area contributed by atoms with Crippen molar-refractivity contribution in [3.63, 3.8) is 0 Å². The third-order valence-corrected chi connectivity index (χ3v) is 3.54. The number of methoxy groups -OCH3 is 1. The first kappa shape index (κ1) is 15.5. The molecule has 2 aromatic rings. The Morgan fingerprint density at radius 2 is 2.19 bits per heavy atom. The molecule has 0 aliphatic rings. The fourth-order valence-electron chi connectivity index (χ4n) is 2.36. The van der Waals surface area contributed by atoms with E-state index in [9.17, 15) is 4.39 Å². The van der Waals surface area contributed by atoms with E-state index in [4.69, 9.17) is 10.6 Å². The van der Waals surface area contributed by atoms with Gasteiger partial charge in [0.2, 0.25) is 0 Å². The van der Waals surface area contributed by atoms with Crippen LogP contribution in [0.4, 0.5) is 4.39 Å². The molecule has 1 unspecified atom stereocenters. The highest BCUT2D eigenvalue weighted by molar-refractivity contribution is 5.30. The van der Waals surface area contributed by atoms with Crippen molar-refractivity contribution in [3.05, 3.63) is 47.0 Å². The molecule has 1 aromatic carbocycles. The number of aromatic nitrogens is 2. The Hall–Kier alpha value is -1.92. The lowest BCUT2D eigenvalue weighted by molar-refractivity contribution is 0.386. The van der Waals surface area contributed by atoms with Gasteiger partial charge in [0.05, 0.1) is 24.5 Å². The highest BCUT2D eigenvalue weighted by Crippen LogP contribution is 2.23. The second-order valence-corrected chi connectivity index (χ2v) is 4.93. The number of aryl methyl sites for hydroxylation is 2. The van der Waals surface area contributed by atoms with E-state index in [-0.39, 0.29) is 17.6 Å². The quantitative estimate of drug-likeness (QED) is 0.630. The summed E-state index contributed by atoms with van der Waals surface area (Å²) in [4.78, 5) is 0. The summed E-state index contributed by atoms with van der Waals surface area (Å²) in [5, 5.41) is 4.41. The molecule has 3 N–H and O–H groups in total. The SMILES string of the molecule is CCc1cc(C(Cc2ccc(OC)c(F)c2)NN)n(C)n1. The van der Waals surface area contributed by atoms with Gasteiger partial charge in [0, 0.05) is 7.05 Å². The van der Waals surface area contributed by atoms with Crippen LogP contribution in [0.15, 0.2) is 24.3 Å². The molecule has 2 rings (SSSR count). The van der Waals surface area contributed by atoms with E-state index in [1.807, 2.05) is 23.9 Å². The summed E-state index contributed by atoms with van der Waals surface area (Å²) in [5.41, 5.74) is 5.61. The zero-order chi connectivity index (χ0) is 15.4. The number of benzene rings is 1. The lowest BCUT2D eigenvalue weighted by atomic mass is 10.0. The van der Waals surface area contributed by atoms with E-state index >= 15 is 0 Å². The Balaban J connectivity index is 2.22. The van der Waals surface area contributed by atoms with Crippen molar-refractivity contribution in [2.75, 3.05) is 7.11 Å². The van der Waals surface area contributed by atoms with Gasteiger partial charge in [0.1, 0.15) is 0 Å². The third kappa shape index (κ3) is 3.40.